The van der Waals surface area contributed by atoms with Crippen LogP contribution in [0.3, 0.4) is 0 Å². The number of benzene rings is 10. The van der Waals surface area contributed by atoms with E-state index in [9.17, 15) is 0 Å². The quantitative estimate of drug-likeness (QED) is 0.176. The first-order valence-corrected chi connectivity index (χ1v) is 26.4. The van der Waals surface area contributed by atoms with Gasteiger partial charge in [-0.25, -0.2) is 0 Å². The molecule has 3 nitrogen and oxygen atoms in total. The highest BCUT2D eigenvalue weighted by Crippen LogP contribution is 2.65. The van der Waals surface area contributed by atoms with Crippen molar-refractivity contribution in [2.45, 2.75) is 70.1 Å². The smallest absolute Gasteiger partial charge is 0.144 e. The van der Waals surface area contributed by atoms with E-state index in [1.54, 1.807) is 0 Å². The summed E-state index contributed by atoms with van der Waals surface area (Å²) in [5.74, 6) is 2.21. The van der Waals surface area contributed by atoms with Crippen molar-refractivity contribution in [3.8, 4) is 50.3 Å². The summed E-state index contributed by atoms with van der Waals surface area (Å²) < 4.78 is 14.1. The number of hydrogen-bond acceptors (Lipinski definition) is 3. The van der Waals surface area contributed by atoms with E-state index in [-0.39, 0.29) is 22.2 Å². The third-order valence-corrected chi connectivity index (χ3v) is 18.1. The van der Waals surface area contributed by atoms with E-state index in [2.05, 4.69) is 241 Å². The highest BCUT2D eigenvalue weighted by atomic mass is 16.5. The monoisotopic (exact) mass is 951 g/mol. The minimum absolute atomic E-state index is 0.162. The van der Waals surface area contributed by atoms with Gasteiger partial charge in [0.1, 0.15) is 22.7 Å². The van der Waals surface area contributed by atoms with Crippen molar-refractivity contribution in [3.05, 3.63) is 239 Å². The molecule has 74 heavy (non-hydrogen) atoms. The summed E-state index contributed by atoms with van der Waals surface area (Å²) in [4.78, 5) is 2.51. The zero-order chi connectivity index (χ0) is 49.6. The molecule has 16 rings (SSSR count). The molecule has 1 unspecified atom stereocenters. The number of hydrogen-bond donors (Lipinski definition) is 0. The maximum absolute atomic E-state index is 7.03. The fraction of sp³-hybridized carbons (Fsp3) is 0.155. The number of ether oxygens (including phenoxy) is 1. The summed E-state index contributed by atoms with van der Waals surface area (Å²) in [7, 11) is 0. The first-order valence-electron chi connectivity index (χ1n) is 26.4. The molecule has 0 bridgehead atoms. The van der Waals surface area contributed by atoms with Crippen molar-refractivity contribution in [2.24, 2.45) is 0 Å². The van der Waals surface area contributed by atoms with Crippen LogP contribution in [0, 0.1) is 0 Å². The van der Waals surface area contributed by atoms with E-state index in [4.69, 9.17) is 9.15 Å². The molecule has 0 spiro atoms. The predicted octanol–water partition coefficient (Wildman–Crippen LogP) is 19.3. The lowest BCUT2D eigenvalue weighted by molar-refractivity contribution is 0.426. The van der Waals surface area contributed by atoms with Crippen LogP contribution in [0.5, 0.6) is 5.75 Å². The van der Waals surface area contributed by atoms with E-state index in [0.717, 1.165) is 46.2 Å². The third-order valence-electron chi connectivity index (χ3n) is 18.1. The van der Waals surface area contributed by atoms with E-state index >= 15 is 0 Å². The Morgan fingerprint density at radius 1 is 0.459 bits per heavy atom. The Hall–Kier alpha value is -8.40. The second-order valence-corrected chi connectivity index (χ2v) is 23.1. The molecule has 0 radical (unpaired) electrons. The third kappa shape index (κ3) is 5.36. The maximum Gasteiger partial charge on any atom is 0.144 e. The molecule has 4 aliphatic carbocycles. The van der Waals surface area contributed by atoms with Crippen LogP contribution in [-0.2, 0) is 16.2 Å². The Bertz CT molecular complexity index is 4410. The lowest BCUT2D eigenvalue weighted by Crippen LogP contribution is -2.24. The van der Waals surface area contributed by atoms with Gasteiger partial charge in [-0.1, -0.05) is 181 Å². The Morgan fingerprint density at radius 3 is 1.89 bits per heavy atom. The van der Waals surface area contributed by atoms with Crippen LogP contribution in [0.15, 0.2) is 204 Å². The molecule has 0 amide bonds. The Labute approximate surface area is 431 Å². The van der Waals surface area contributed by atoms with Crippen molar-refractivity contribution in [1.82, 2.24) is 0 Å². The van der Waals surface area contributed by atoms with Crippen LogP contribution in [-0.4, -0.2) is 0 Å². The van der Waals surface area contributed by atoms with Crippen molar-refractivity contribution in [1.29, 1.82) is 0 Å². The standard InChI is InChI=1S/C71H53NO2/c1-69(2)55-37-44(32-34-49(55)60-57(69)39-53(47-26-17-21-41-19-9-10-22-46(41)47)67-62(60)51-24-12-15-28-58(51)73-67)72(43-31-30-40-18-7-8-20-42(40)36-43)45-33-35-50-56(38-45)71(5,6)65-61(50)63-52-25-13-16-29-59(52)74-68(63)64-48-23-11-14-27-54(48)70(3,4)66(64)65/h7-23,25-39,51H,24H2,1-6H3. The van der Waals surface area contributed by atoms with E-state index in [1.165, 1.54) is 116 Å². The molecule has 10 aromatic carbocycles. The fourth-order valence-corrected chi connectivity index (χ4v) is 14.6. The van der Waals surface area contributed by atoms with Gasteiger partial charge in [-0.2, -0.15) is 0 Å². The molecule has 2 heterocycles. The van der Waals surface area contributed by atoms with Gasteiger partial charge in [-0.15, -0.1) is 0 Å². The molecular weight excluding hydrogens is 899 g/mol. The van der Waals surface area contributed by atoms with Crippen LogP contribution in [0.4, 0.5) is 17.1 Å². The number of fused-ring (bicyclic) bond motifs is 21. The Kier molecular flexibility index (Phi) is 8.21. The van der Waals surface area contributed by atoms with Crippen LogP contribution < -0.4 is 9.64 Å². The molecule has 0 N–H and O–H groups in total. The average molecular weight is 952 g/mol. The summed E-state index contributed by atoms with van der Waals surface area (Å²) in [6.45, 7) is 14.6. The van der Waals surface area contributed by atoms with Crippen LogP contribution in [0.25, 0.3) is 88.0 Å². The van der Waals surface area contributed by atoms with Gasteiger partial charge < -0.3 is 14.1 Å². The molecule has 0 fully saturated rings. The topological polar surface area (TPSA) is 25.6 Å². The predicted molar refractivity (Wildman–Crippen MR) is 307 cm³/mol. The summed E-state index contributed by atoms with van der Waals surface area (Å²) in [5.41, 5.74) is 24.1. The minimum atomic E-state index is -0.334. The van der Waals surface area contributed by atoms with Crippen molar-refractivity contribution >= 4 is 60.5 Å². The Balaban J connectivity index is 0.912. The second-order valence-electron chi connectivity index (χ2n) is 23.1. The molecule has 1 aliphatic heterocycles. The SMILES string of the molecule is CC1(C)c2cc(N(c3ccc4c(c3)C(C)(C)c3c5c(c6oc7ccccc7c6c3-4)-c3ccccc3C5(C)C)c3ccc4ccccc4c3)ccc2-c2c1cc(-c1cccc3ccccc13)c1c2C2CC=CC=C2O1. The summed E-state index contributed by atoms with van der Waals surface area (Å²) in [6, 6.07) is 65.9. The number of anilines is 3. The number of allylic oxidation sites excluding steroid dienone is 4. The number of para-hydroxylation sites is 1. The lowest BCUT2D eigenvalue weighted by Gasteiger charge is -2.32. The summed E-state index contributed by atoms with van der Waals surface area (Å²) >= 11 is 0. The molecule has 11 aromatic rings. The van der Waals surface area contributed by atoms with Gasteiger partial charge >= 0.3 is 0 Å². The van der Waals surface area contributed by atoms with E-state index in [0.29, 0.717) is 0 Å². The zero-order valence-corrected chi connectivity index (χ0v) is 42.5. The van der Waals surface area contributed by atoms with Gasteiger partial charge in [0.25, 0.3) is 0 Å². The number of furan rings is 1. The molecule has 0 saturated carbocycles. The lowest BCUT2D eigenvalue weighted by atomic mass is 9.72. The van der Waals surface area contributed by atoms with Gasteiger partial charge in [0.05, 0.1) is 0 Å². The molecule has 5 aliphatic rings. The van der Waals surface area contributed by atoms with Gasteiger partial charge in [0.2, 0.25) is 0 Å². The van der Waals surface area contributed by atoms with Crippen molar-refractivity contribution < 1.29 is 9.15 Å². The van der Waals surface area contributed by atoms with Crippen molar-refractivity contribution in [3.63, 3.8) is 0 Å². The summed E-state index contributed by atoms with van der Waals surface area (Å²) in [5, 5.41) is 7.31. The summed E-state index contributed by atoms with van der Waals surface area (Å²) in [6.07, 6.45) is 7.56. The number of nitrogens with zero attached hydrogens (tertiary/aromatic N) is 1. The average Bonchev–Trinajstić information content (AvgIpc) is 4.36. The molecule has 354 valence electrons. The Morgan fingerprint density at radius 2 is 1.07 bits per heavy atom. The largest absolute Gasteiger partial charge is 0.460 e. The first kappa shape index (κ1) is 42.1. The van der Waals surface area contributed by atoms with Crippen LogP contribution in [0.1, 0.15) is 92.8 Å². The van der Waals surface area contributed by atoms with Gasteiger partial charge in [-0.05, 0) is 149 Å². The maximum atomic E-state index is 7.03. The van der Waals surface area contributed by atoms with Gasteiger partial charge in [-0.3, -0.25) is 0 Å². The van der Waals surface area contributed by atoms with E-state index < -0.39 is 0 Å². The zero-order valence-electron chi connectivity index (χ0n) is 42.5. The van der Waals surface area contributed by atoms with Crippen LogP contribution >= 0.6 is 0 Å². The van der Waals surface area contributed by atoms with Gasteiger partial charge in [0.15, 0.2) is 0 Å². The highest BCUT2D eigenvalue weighted by molar-refractivity contribution is 6.21. The molecular formula is C71H53NO2. The highest BCUT2D eigenvalue weighted by Gasteiger charge is 2.49. The van der Waals surface area contributed by atoms with E-state index in [1.807, 2.05) is 0 Å². The minimum Gasteiger partial charge on any atom is -0.460 e. The molecule has 3 heteroatoms. The van der Waals surface area contributed by atoms with Crippen LogP contribution in [0.2, 0.25) is 0 Å². The molecule has 0 saturated heterocycles. The first-order chi connectivity index (χ1) is 36.0. The second kappa shape index (κ2) is 14.4. The number of rotatable bonds is 4. The normalized spacial score (nSPS) is 17.3. The van der Waals surface area contributed by atoms with Crippen molar-refractivity contribution in [2.75, 3.05) is 4.90 Å². The molecule has 1 aromatic heterocycles. The van der Waals surface area contributed by atoms with Gasteiger partial charge in [0, 0.05) is 66.7 Å². The fourth-order valence-electron chi connectivity index (χ4n) is 14.6. The molecule has 1 atom stereocenters.